The SMILES string of the molecule is COC(=O)/C=C/CNC(=O)c1c[nH]c2ccc(Br)cc12. The van der Waals surface area contributed by atoms with Crippen LogP contribution < -0.4 is 5.32 Å². The average molecular weight is 337 g/mol. The second kappa shape index (κ2) is 6.38. The van der Waals surface area contributed by atoms with Crippen LogP contribution in [0.2, 0.25) is 0 Å². The maximum absolute atomic E-state index is 12.0. The molecule has 1 heterocycles. The number of fused-ring (bicyclic) bond motifs is 1. The van der Waals surface area contributed by atoms with Gasteiger partial charge in [-0.3, -0.25) is 4.79 Å². The van der Waals surface area contributed by atoms with Crippen LogP contribution in [0.3, 0.4) is 0 Å². The summed E-state index contributed by atoms with van der Waals surface area (Å²) in [4.78, 5) is 26.0. The lowest BCUT2D eigenvalue weighted by Crippen LogP contribution is -2.23. The number of hydrogen-bond acceptors (Lipinski definition) is 3. The van der Waals surface area contributed by atoms with Crippen LogP contribution in [0.5, 0.6) is 0 Å². The third-order valence-corrected chi connectivity index (χ3v) is 3.22. The van der Waals surface area contributed by atoms with Crippen LogP contribution in [0.15, 0.2) is 41.0 Å². The molecule has 20 heavy (non-hydrogen) atoms. The number of esters is 1. The molecule has 0 radical (unpaired) electrons. The van der Waals surface area contributed by atoms with Gasteiger partial charge in [0.25, 0.3) is 5.91 Å². The summed E-state index contributed by atoms with van der Waals surface area (Å²) in [5.41, 5.74) is 1.45. The molecule has 1 aromatic heterocycles. The van der Waals surface area contributed by atoms with Crippen LogP contribution in [0.1, 0.15) is 10.4 Å². The van der Waals surface area contributed by atoms with E-state index in [1.54, 1.807) is 6.20 Å². The van der Waals surface area contributed by atoms with Gasteiger partial charge in [0, 0.05) is 34.2 Å². The minimum Gasteiger partial charge on any atom is -0.466 e. The van der Waals surface area contributed by atoms with Gasteiger partial charge in [0.15, 0.2) is 0 Å². The number of amides is 1. The Balaban J connectivity index is 2.06. The molecule has 2 aromatic rings. The van der Waals surface area contributed by atoms with Crippen LogP contribution in [-0.4, -0.2) is 30.5 Å². The van der Waals surface area contributed by atoms with Crippen LogP contribution in [0.4, 0.5) is 0 Å². The number of aromatic amines is 1. The second-order valence-electron chi connectivity index (χ2n) is 4.03. The van der Waals surface area contributed by atoms with Crippen molar-refractivity contribution in [3.8, 4) is 0 Å². The van der Waals surface area contributed by atoms with Crippen molar-refractivity contribution in [3.63, 3.8) is 0 Å². The number of halogens is 1. The number of ether oxygens (including phenoxy) is 1. The van der Waals surface area contributed by atoms with Gasteiger partial charge in [0.05, 0.1) is 12.7 Å². The number of nitrogens with one attached hydrogen (secondary N) is 2. The lowest BCUT2D eigenvalue weighted by molar-refractivity contribution is -0.134. The quantitative estimate of drug-likeness (QED) is 0.665. The van der Waals surface area contributed by atoms with Gasteiger partial charge in [-0.15, -0.1) is 0 Å². The smallest absolute Gasteiger partial charge is 0.330 e. The van der Waals surface area contributed by atoms with Gasteiger partial charge in [0.2, 0.25) is 0 Å². The molecule has 5 nitrogen and oxygen atoms in total. The highest BCUT2D eigenvalue weighted by Gasteiger charge is 2.11. The maximum atomic E-state index is 12.0. The van der Waals surface area contributed by atoms with E-state index in [4.69, 9.17) is 0 Å². The Hall–Kier alpha value is -2.08. The van der Waals surface area contributed by atoms with Gasteiger partial charge < -0.3 is 15.0 Å². The summed E-state index contributed by atoms with van der Waals surface area (Å²) in [6, 6.07) is 5.68. The van der Waals surface area contributed by atoms with Gasteiger partial charge >= 0.3 is 5.97 Å². The van der Waals surface area contributed by atoms with Crippen molar-refractivity contribution in [2.75, 3.05) is 13.7 Å². The van der Waals surface area contributed by atoms with Crippen LogP contribution in [0.25, 0.3) is 10.9 Å². The van der Waals surface area contributed by atoms with Crippen molar-refractivity contribution in [1.29, 1.82) is 0 Å². The molecule has 0 saturated carbocycles. The monoisotopic (exact) mass is 336 g/mol. The highest BCUT2D eigenvalue weighted by atomic mass is 79.9. The van der Waals surface area contributed by atoms with Crippen molar-refractivity contribution >= 4 is 38.7 Å². The number of methoxy groups -OCH3 is 1. The van der Waals surface area contributed by atoms with Crippen LogP contribution in [-0.2, 0) is 9.53 Å². The largest absolute Gasteiger partial charge is 0.466 e. The number of hydrogen-bond donors (Lipinski definition) is 2. The Morgan fingerprint density at radius 2 is 2.25 bits per heavy atom. The molecule has 0 unspecified atom stereocenters. The second-order valence-corrected chi connectivity index (χ2v) is 4.94. The summed E-state index contributed by atoms with van der Waals surface area (Å²) >= 11 is 3.38. The van der Waals surface area contributed by atoms with E-state index in [2.05, 4.69) is 31.0 Å². The Morgan fingerprint density at radius 1 is 1.45 bits per heavy atom. The molecule has 6 heteroatoms. The highest BCUT2D eigenvalue weighted by molar-refractivity contribution is 9.10. The predicted molar refractivity (Wildman–Crippen MR) is 79.5 cm³/mol. The molecule has 0 bridgehead atoms. The van der Waals surface area contributed by atoms with Gasteiger partial charge in [-0.05, 0) is 18.2 Å². The van der Waals surface area contributed by atoms with E-state index in [1.807, 2.05) is 18.2 Å². The third kappa shape index (κ3) is 3.27. The normalized spacial score (nSPS) is 10.9. The first-order valence-electron chi connectivity index (χ1n) is 5.91. The summed E-state index contributed by atoms with van der Waals surface area (Å²) in [5, 5.41) is 3.55. The third-order valence-electron chi connectivity index (χ3n) is 2.72. The van der Waals surface area contributed by atoms with E-state index in [0.717, 1.165) is 15.4 Å². The zero-order chi connectivity index (χ0) is 14.5. The lowest BCUT2D eigenvalue weighted by Gasteiger charge is -2.01. The van der Waals surface area contributed by atoms with Crippen molar-refractivity contribution in [2.24, 2.45) is 0 Å². The maximum Gasteiger partial charge on any atom is 0.330 e. The fraction of sp³-hybridized carbons (Fsp3) is 0.143. The van der Waals surface area contributed by atoms with E-state index in [1.165, 1.54) is 19.3 Å². The van der Waals surface area contributed by atoms with Crippen LogP contribution >= 0.6 is 15.9 Å². The van der Waals surface area contributed by atoms with Gasteiger partial charge in [-0.1, -0.05) is 22.0 Å². The fourth-order valence-electron chi connectivity index (χ4n) is 1.75. The molecule has 0 aliphatic carbocycles. The molecule has 104 valence electrons. The number of benzene rings is 1. The molecule has 1 aromatic carbocycles. The van der Waals surface area contributed by atoms with Crippen molar-refractivity contribution in [1.82, 2.24) is 10.3 Å². The first-order valence-corrected chi connectivity index (χ1v) is 6.70. The molecule has 1 amide bonds. The Labute approximate surface area is 124 Å². The topological polar surface area (TPSA) is 71.2 Å². The summed E-state index contributed by atoms with van der Waals surface area (Å²) in [6.07, 6.45) is 4.47. The highest BCUT2D eigenvalue weighted by Crippen LogP contribution is 2.22. The molecule has 0 aliphatic heterocycles. The molecular weight excluding hydrogens is 324 g/mol. The molecule has 2 N–H and O–H groups in total. The summed E-state index contributed by atoms with van der Waals surface area (Å²) in [5.74, 6) is -0.654. The molecule has 0 spiro atoms. The first-order chi connectivity index (χ1) is 9.61. The van der Waals surface area contributed by atoms with Gasteiger partial charge in [-0.25, -0.2) is 4.79 Å². The molecule has 2 rings (SSSR count). The number of aromatic nitrogens is 1. The van der Waals surface area contributed by atoms with Gasteiger partial charge in [0.1, 0.15) is 0 Å². The lowest BCUT2D eigenvalue weighted by atomic mass is 10.1. The molecular formula is C14H13BrN2O3. The number of H-pyrrole nitrogens is 1. The molecule has 0 aliphatic rings. The Bertz CT molecular complexity index is 676. The van der Waals surface area contributed by atoms with E-state index >= 15 is 0 Å². The zero-order valence-electron chi connectivity index (χ0n) is 10.8. The van der Waals surface area contributed by atoms with E-state index in [9.17, 15) is 9.59 Å². The molecule has 0 saturated heterocycles. The summed E-state index contributed by atoms with van der Waals surface area (Å²) < 4.78 is 5.36. The number of carbonyl (C=O) groups is 2. The zero-order valence-corrected chi connectivity index (χ0v) is 12.4. The molecule has 0 atom stereocenters. The van der Waals surface area contributed by atoms with Crippen molar-refractivity contribution in [2.45, 2.75) is 0 Å². The number of rotatable bonds is 4. The predicted octanol–water partition coefficient (Wildman–Crippen LogP) is 2.39. The number of carbonyl (C=O) groups excluding carboxylic acids is 2. The fourth-order valence-corrected chi connectivity index (χ4v) is 2.11. The van der Waals surface area contributed by atoms with Crippen molar-refractivity contribution in [3.05, 3.63) is 46.6 Å². The van der Waals surface area contributed by atoms with Crippen LogP contribution in [0, 0.1) is 0 Å². The summed E-state index contributed by atoms with van der Waals surface area (Å²) in [6.45, 7) is 0.259. The van der Waals surface area contributed by atoms with E-state index in [0.29, 0.717) is 5.56 Å². The first kappa shape index (κ1) is 14.3. The minimum atomic E-state index is -0.449. The Kier molecular flexibility index (Phi) is 4.57. The van der Waals surface area contributed by atoms with Gasteiger partial charge in [-0.2, -0.15) is 0 Å². The van der Waals surface area contributed by atoms with E-state index in [-0.39, 0.29) is 12.5 Å². The minimum absolute atomic E-state index is 0.205. The Morgan fingerprint density at radius 3 is 3.00 bits per heavy atom. The van der Waals surface area contributed by atoms with E-state index < -0.39 is 5.97 Å². The molecule has 0 fully saturated rings. The van der Waals surface area contributed by atoms with Crippen molar-refractivity contribution < 1.29 is 14.3 Å². The standard InChI is InChI=1S/C14H13BrN2O3/c1-20-13(18)3-2-6-16-14(19)11-8-17-12-5-4-9(15)7-10(11)12/h2-5,7-8,17H,6H2,1H3,(H,16,19)/b3-2+. The summed E-state index contributed by atoms with van der Waals surface area (Å²) in [7, 11) is 1.30. The average Bonchev–Trinajstić information content (AvgIpc) is 2.86.